The molecule has 2 aromatic carbocycles. The molecule has 1 saturated heterocycles. The molecule has 26 heavy (non-hydrogen) atoms. The zero-order valence-electron chi connectivity index (χ0n) is 14.6. The van der Waals surface area contributed by atoms with Crippen molar-refractivity contribution in [1.82, 2.24) is 9.80 Å². The SMILES string of the molecule is O=C(Cc1ccc(O)cc1)N1CCN(CCOc2ccc(F)cc2)CC1. The van der Waals surface area contributed by atoms with Crippen LogP contribution in [0.3, 0.4) is 0 Å². The van der Waals surface area contributed by atoms with E-state index in [1.54, 1.807) is 36.4 Å². The van der Waals surface area contributed by atoms with Crippen molar-refractivity contribution >= 4 is 5.91 Å². The number of ether oxygens (including phenoxy) is 1. The lowest BCUT2D eigenvalue weighted by Crippen LogP contribution is -2.49. The van der Waals surface area contributed by atoms with Crippen LogP contribution in [0.15, 0.2) is 48.5 Å². The van der Waals surface area contributed by atoms with E-state index in [0.717, 1.165) is 25.2 Å². The van der Waals surface area contributed by atoms with Gasteiger partial charge in [0, 0.05) is 32.7 Å². The number of carbonyl (C=O) groups is 1. The third-order valence-electron chi connectivity index (χ3n) is 4.51. The van der Waals surface area contributed by atoms with Crippen molar-refractivity contribution in [3.05, 3.63) is 59.9 Å². The summed E-state index contributed by atoms with van der Waals surface area (Å²) in [4.78, 5) is 16.5. The molecule has 6 heteroatoms. The zero-order chi connectivity index (χ0) is 18.4. The van der Waals surface area contributed by atoms with Crippen LogP contribution in [0.2, 0.25) is 0 Å². The molecule has 0 spiro atoms. The number of rotatable bonds is 6. The number of hydrogen-bond donors (Lipinski definition) is 1. The van der Waals surface area contributed by atoms with E-state index in [1.165, 1.54) is 12.1 Å². The second-order valence-electron chi connectivity index (χ2n) is 6.37. The molecule has 0 aromatic heterocycles. The third-order valence-corrected chi connectivity index (χ3v) is 4.51. The topological polar surface area (TPSA) is 53.0 Å². The monoisotopic (exact) mass is 358 g/mol. The molecule has 0 bridgehead atoms. The number of hydrogen-bond acceptors (Lipinski definition) is 4. The highest BCUT2D eigenvalue weighted by Gasteiger charge is 2.21. The number of benzene rings is 2. The van der Waals surface area contributed by atoms with Crippen LogP contribution in [0.5, 0.6) is 11.5 Å². The molecule has 0 atom stereocenters. The molecule has 0 aliphatic carbocycles. The number of phenolic OH excluding ortho intramolecular Hbond substituents is 1. The van der Waals surface area contributed by atoms with Gasteiger partial charge in [-0.3, -0.25) is 9.69 Å². The lowest BCUT2D eigenvalue weighted by molar-refractivity contribution is -0.132. The van der Waals surface area contributed by atoms with E-state index in [9.17, 15) is 14.3 Å². The minimum atomic E-state index is -0.273. The highest BCUT2D eigenvalue weighted by molar-refractivity contribution is 5.78. The predicted octanol–water partition coefficient (Wildman–Crippen LogP) is 2.30. The van der Waals surface area contributed by atoms with Crippen LogP contribution in [0, 0.1) is 5.82 Å². The quantitative estimate of drug-likeness (QED) is 0.861. The van der Waals surface area contributed by atoms with Gasteiger partial charge in [-0.2, -0.15) is 0 Å². The van der Waals surface area contributed by atoms with Gasteiger partial charge in [0.25, 0.3) is 0 Å². The Labute approximate surface area is 152 Å². The Bertz CT molecular complexity index is 711. The van der Waals surface area contributed by atoms with Gasteiger partial charge in [0.2, 0.25) is 5.91 Å². The van der Waals surface area contributed by atoms with Gasteiger partial charge in [0.05, 0.1) is 6.42 Å². The van der Waals surface area contributed by atoms with Crippen molar-refractivity contribution < 1.29 is 19.0 Å². The number of piperazine rings is 1. The largest absolute Gasteiger partial charge is 0.508 e. The first-order valence-electron chi connectivity index (χ1n) is 8.76. The molecule has 0 saturated carbocycles. The van der Waals surface area contributed by atoms with Gasteiger partial charge in [0.1, 0.15) is 23.9 Å². The fraction of sp³-hybridized carbons (Fsp3) is 0.350. The molecule has 1 amide bonds. The molecule has 1 fully saturated rings. The maximum absolute atomic E-state index is 12.8. The Kier molecular flexibility index (Phi) is 6.07. The van der Waals surface area contributed by atoms with Gasteiger partial charge in [-0.25, -0.2) is 4.39 Å². The highest BCUT2D eigenvalue weighted by Crippen LogP contribution is 2.13. The van der Waals surface area contributed by atoms with Crippen molar-refractivity contribution in [2.75, 3.05) is 39.3 Å². The van der Waals surface area contributed by atoms with Gasteiger partial charge in [-0.15, -0.1) is 0 Å². The lowest BCUT2D eigenvalue weighted by Gasteiger charge is -2.34. The van der Waals surface area contributed by atoms with Crippen molar-refractivity contribution in [3.8, 4) is 11.5 Å². The first-order chi connectivity index (χ1) is 12.6. The Balaban J connectivity index is 1.37. The van der Waals surface area contributed by atoms with Crippen molar-refractivity contribution in [2.45, 2.75) is 6.42 Å². The summed E-state index contributed by atoms with van der Waals surface area (Å²) in [5.74, 6) is 0.704. The molecule has 1 N–H and O–H groups in total. The molecule has 5 nitrogen and oxygen atoms in total. The fourth-order valence-corrected chi connectivity index (χ4v) is 2.94. The maximum atomic E-state index is 12.8. The summed E-state index contributed by atoms with van der Waals surface area (Å²) in [6.45, 7) is 4.34. The smallest absolute Gasteiger partial charge is 0.227 e. The van der Waals surface area contributed by atoms with Crippen LogP contribution < -0.4 is 4.74 Å². The van der Waals surface area contributed by atoms with Crippen LogP contribution >= 0.6 is 0 Å². The molecule has 138 valence electrons. The third kappa shape index (κ3) is 5.20. The number of amides is 1. The maximum Gasteiger partial charge on any atom is 0.227 e. The van der Waals surface area contributed by atoms with Crippen LogP contribution in [0.1, 0.15) is 5.56 Å². The highest BCUT2D eigenvalue weighted by atomic mass is 19.1. The summed E-state index contributed by atoms with van der Waals surface area (Å²) in [6, 6.07) is 12.8. The minimum absolute atomic E-state index is 0.109. The van der Waals surface area contributed by atoms with E-state index in [-0.39, 0.29) is 17.5 Å². The molecule has 0 radical (unpaired) electrons. The summed E-state index contributed by atoms with van der Waals surface area (Å²) < 4.78 is 18.5. The van der Waals surface area contributed by atoms with Crippen LogP contribution in [-0.2, 0) is 11.2 Å². The van der Waals surface area contributed by atoms with Gasteiger partial charge in [-0.1, -0.05) is 12.1 Å². The zero-order valence-corrected chi connectivity index (χ0v) is 14.6. The number of halogens is 1. The molecular weight excluding hydrogens is 335 g/mol. The Morgan fingerprint density at radius 2 is 1.65 bits per heavy atom. The standard InChI is InChI=1S/C20H23FN2O3/c21-17-3-7-19(8-4-17)26-14-13-22-9-11-23(12-10-22)20(25)15-16-1-5-18(24)6-2-16/h1-8,24H,9-15H2. The number of nitrogens with zero attached hydrogens (tertiary/aromatic N) is 2. The average Bonchev–Trinajstić information content (AvgIpc) is 2.66. The van der Waals surface area contributed by atoms with Crippen LogP contribution in [-0.4, -0.2) is 60.1 Å². The summed E-state index contributed by atoms with van der Waals surface area (Å²) >= 11 is 0. The van der Waals surface area contributed by atoms with Crippen LogP contribution in [0.25, 0.3) is 0 Å². The van der Waals surface area contributed by atoms with E-state index in [0.29, 0.717) is 31.9 Å². The first kappa shape index (κ1) is 18.2. The van der Waals surface area contributed by atoms with Gasteiger partial charge < -0.3 is 14.7 Å². The Morgan fingerprint density at radius 1 is 1.00 bits per heavy atom. The molecule has 1 aliphatic rings. The Morgan fingerprint density at radius 3 is 2.31 bits per heavy atom. The summed E-state index contributed by atoms with van der Waals surface area (Å²) in [7, 11) is 0. The van der Waals surface area contributed by atoms with Gasteiger partial charge in [0.15, 0.2) is 0 Å². The molecular formula is C20H23FN2O3. The molecule has 2 aromatic rings. The van der Waals surface area contributed by atoms with Crippen LogP contribution in [0.4, 0.5) is 4.39 Å². The average molecular weight is 358 g/mol. The van der Waals surface area contributed by atoms with Gasteiger partial charge >= 0.3 is 0 Å². The normalized spacial score (nSPS) is 15.0. The van der Waals surface area contributed by atoms with Crippen molar-refractivity contribution in [2.24, 2.45) is 0 Å². The summed E-state index contributed by atoms with van der Waals surface area (Å²) in [5.41, 5.74) is 0.905. The number of phenols is 1. The summed E-state index contributed by atoms with van der Waals surface area (Å²) in [6.07, 6.45) is 0.355. The van der Waals surface area contributed by atoms with Gasteiger partial charge in [-0.05, 0) is 42.0 Å². The Hall–Kier alpha value is -2.60. The molecule has 0 unspecified atom stereocenters. The van der Waals surface area contributed by atoms with Crippen molar-refractivity contribution in [3.63, 3.8) is 0 Å². The minimum Gasteiger partial charge on any atom is -0.508 e. The van der Waals surface area contributed by atoms with E-state index in [1.807, 2.05) is 4.90 Å². The fourth-order valence-electron chi connectivity index (χ4n) is 2.94. The molecule has 3 rings (SSSR count). The first-order valence-corrected chi connectivity index (χ1v) is 8.76. The van der Waals surface area contributed by atoms with E-state index >= 15 is 0 Å². The molecule has 1 heterocycles. The predicted molar refractivity (Wildman–Crippen MR) is 96.7 cm³/mol. The van der Waals surface area contributed by atoms with E-state index in [2.05, 4.69) is 4.90 Å². The second-order valence-corrected chi connectivity index (χ2v) is 6.37. The van der Waals surface area contributed by atoms with E-state index < -0.39 is 0 Å². The lowest BCUT2D eigenvalue weighted by atomic mass is 10.1. The summed E-state index contributed by atoms with van der Waals surface area (Å²) in [5, 5.41) is 9.30. The second kappa shape index (κ2) is 8.67. The van der Waals surface area contributed by atoms with Crippen molar-refractivity contribution in [1.29, 1.82) is 0 Å². The number of carbonyl (C=O) groups excluding carboxylic acids is 1. The number of aromatic hydroxyl groups is 1. The van der Waals surface area contributed by atoms with E-state index in [4.69, 9.17) is 4.74 Å². The molecule has 1 aliphatic heterocycles.